The van der Waals surface area contributed by atoms with E-state index in [2.05, 4.69) is 0 Å². The van der Waals surface area contributed by atoms with Gasteiger partial charge in [0, 0.05) is 18.4 Å². The number of hydrogen-bond acceptors (Lipinski definition) is 4. The van der Waals surface area contributed by atoms with Gasteiger partial charge in [0.1, 0.15) is 0 Å². The molecule has 0 aromatic rings. The zero-order valence-corrected chi connectivity index (χ0v) is 10.5. The Morgan fingerprint density at radius 3 is 2.31 bits per heavy atom. The van der Waals surface area contributed by atoms with Crippen molar-refractivity contribution in [2.75, 3.05) is 0 Å². The van der Waals surface area contributed by atoms with Crippen LogP contribution >= 0.6 is 0 Å². The van der Waals surface area contributed by atoms with Crippen LogP contribution in [0.5, 0.6) is 0 Å². The molecule has 0 spiro atoms. The van der Waals surface area contributed by atoms with Crippen LogP contribution in [0.3, 0.4) is 0 Å². The summed E-state index contributed by atoms with van der Waals surface area (Å²) in [6.07, 6.45) is -0.750. The third-order valence-corrected chi connectivity index (χ3v) is 1.61. The summed E-state index contributed by atoms with van der Waals surface area (Å²) in [7, 11) is 0. The molecule has 0 bridgehead atoms. The van der Waals surface area contributed by atoms with E-state index in [0.717, 1.165) is 0 Å². The second-order valence-electron chi connectivity index (χ2n) is 3.44. The molecule has 3 N–H and O–H groups in total. The number of nitrogens with two attached hydrogens (primary N) is 1. The fourth-order valence-corrected chi connectivity index (χ4v) is 1.02. The van der Waals surface area contributed by atoms with Crippen molar-refractivity contribution in [3.63, 3.8) is 0 Å². The summed E-state index contributed by atoms with van der Waals surface area (Å²) in [6.45, 7) is 3.93. The topological polar surface area (TPSA) is 86.4 Å². The number of carboxylic acid groups (broad SMARTS) is 1. The third kappa shape index (κ3) is 8.71. The minimum absolute atomic E-state index is 0. The number of carboxylic acids is 1. The first-order valence-electron chi connectivity index (χ1n) is 4.07. The average Bonchev–Trinajstić information content (AvgIpc) is 1.84. The predicted octanol–water partition coefficient (Wildman–Crippen LogP) is -4.14. The van der Waals surface area contributed by atoms with Crippen LogP contribution in [0.2, 0.25) is 0 Å². The number of hydrogen-bond donors (Lipinski definition) is 2. The van der Waals surface area contributed by atoms with Crippen molar-refractivity contribution >= 4 is 5.97 Å². The van der Waals surface area contributed by atoms with Gasteiger partial charge in [-0.25, -0.2) is 0 Å². The number of aliphatic carboxylic acids is 1. The smallest absolute Gasteiger partial charge is 0.550 e. The minimum atomic E-state index is -1.26. The standard InChI is InChI=1S/C8H17NO3.Na/c1-5(2)3-6(9)7(10)4-8(11)12;/h5-7,10H,3-4,9H2,1-2H3,(H,11,12);/q;+1/p-1/t6-,7-;/m0./s1. The molecule has 0 heterocycles. The maximum atomic E-state index is 10.1. The van der Waals surface area contributed by atoms with Gasteiger partial charge in [0.15, 0.2) is 0 Å². The fraction of sp³-hybridized carbons (Fsp3) is 0.875. The molecule has 72 valence electrons. The van der Waals surface area contributed by atoms with Gasteiger partial charge >= 0.3 is 29.6 Å². The Morgan fingerprint density at radius 1 is 1.54 bits per heavy atom. The average molecular weight is 197 g/mol. The van der Waals surface area contributed by atoms with E-state index in [9.17, 15) is 15.0 Å². The molecule has 0 rings (SSSR count). The van der Waals surface area contributed by atoms with E-state index in [1.165, 1.54) is 0 Å². The van der Waals surface area contributed by atoms with E-state index < -0.39 is 18.1 Å². The van der Waals surface area contributed by atoms with Crippen LogP contribution < -0.4 is 40.4 Å². The van der Waals surface area contributed by atoms with Gasteiger partial charge in [0.2, 0.25) is 0 Å². The van der Waals surface area contributed by atoms with Crippen LogP contribution in [0.15, 0.2) is 0 Å². The Kier molecular flexibility index (Phi) is 9.46. The number of aliphatic hydroxyl groups is 1. The van der Waals surface area contributed by atoms with E-state index >= 15 is 0 Å². The summed E-state index contributed by atoms with van der Waals surface area (Å²) in [6, 6.07) is -0.470. The fourth-order valence-electron chi connectivity index (χ4n) is 1.02. The Hall–Kier alpha value is 0.390. The van der Waals surface area contributed by atoms with Crippen molar-refractivity contribution in [2.24, 2.45) is 11.7 Å². The normalized spacial score (nSPS) is 14.8. The summed E-state index contributed by atoms with van der Waals surface area (Å²) >= 11 is 0. The van der Waals surface area contributed by atoms with E-state index in [0.29, 0.717) is 12.3 Å². The van der Waals surface area contributed by atoms with Crippen LogP contribution in [0.1, 0.15) is 26.7 Å². The van der Waals surface area contributed by atoms with Crippen LogP contribution in [-0.4, -0.2) is 23.2 Å². The van der Waals surface area contributed by atoms with Crippen LogP contribution in [0, 0.1) is 5.92 Å². The SMILES string of the molecule is CC(C)C[C@H](N)[C@@H](O)CC(=O)[O-].[Na+]. The van der Waals surface area contributed by atoms with Crippen molar-refractivity contribution in [3.05, 3.63) is 0 Å². The molecule has 0 aliphatic carbocycles. The Labute approximate surface area is 101 Å². The van der Waals surface area contributed by atoms with Gasteiger partial charge in [-0.15, -0.1) is 0 Å². The summed E-state index contributed by atoms with van der Waals surface area (Å²) in [5, 5.41) is 19.3. The zero-order chi connectivity index (χ0) is 9.72. The van der Waals surface area contributed by atoms with Gasteiger partial charge in [-0.05, 0) is 12.3 Å². The van der Waals surface area contributed by atoms with Crippen molar-refractivity contribution < 1.29 is 44.6 Å². The largest absolute Gasteiger partial charge is 1.00 e. The third-order valence-electron chi connectivity index (χ3n) is 1.61. The van der Waals surface area contributed by atoms with E-state index in [4.69, 9.17) is 5.73 Å². The Balaban J connectivity index is 0. The van der Waals surface area contributed by atoms with Crippen molar-refractivity contribution in [2.45, 2.75) is 38.8 Å². The van der Waals surface area contributed by atoms with Gasteiger partial charge in [-0.1, -0.05) is 13.8 Å². The van der Waals surface area contributed by atoms with Crippen LogP contribution in [0.4, 0.5) is 0 Å². The first kappa shape index (κ1) is 15.8. The molecule has 0 radical (unpaired) electrons. The quantitative estimate of drug-likeness (QED) is 0.438. The first-order valence-corrected chi connectivity index (χ1v) is 4.07. The van der Waals surface area contributed by atoms with Crippen molar-refractivity contribution in [3.8, 4) is 0 Å². The summed E-state index contributed by atoms with van der Waals surface area (Å²) in [4.78, 5) is 10.1. The predicted molar refractivity (Wildman–Crippen MR) is 43.1 cm³/mol. The second-order valence-corrected chi connectivity index (χ2v) is 3.44. The van der Waals surface area contributed by atoms with Crippen molar-refractivity contribution in [1.29, 1.82) is 0 Å². The molecule has 0 aliphatic heterocycles. The van der Waals surface area contributed by atoms with Gasteiger partial charge in [-0.2, -0.15) is 0 Å². The Morgan fingerprint density at radius 2 is 2.00 bits per heavy atom. The Bertz CT molecular complexity index is 152. The summed E-state index contributed by atoms with van der Waals surface area (Å²) in [5.41, 5.74) is 5.53. The van der Waals surface area contributed by atoms with Crippen molar-refractivity contribution in [1.82, 2.24) is 0 Å². The van der Waals surface area contributed by atoms with E-state index in [-0.39, 0.29) is 36.0 Å². The van der Waals surface area contributed by atoms with E-state index in [1.54, 1.807) is 0 Å². The molecule has 0 saturated carbocycles. The molecular weight excluding hydrogens is 181 g/mol. The number of carbonyl (C=O) groups is 1. The second kappa shape index (κ2) is 7.76. The molecule has 0 aromatic heterocycles. The van der Waals surface area contributed by atoms with Gasteiger partial charge in [0.05, 0.1) is 6.10 Å². The number of aliphatic hydroxyl groups excluding tert-OH is 1. The molecular formula is C8H16NNaO3. The zero-order valence-electron chi connectivity index (χ0n) is 8.49. The molecule has 4 nitrogen and oxygen atoms in total. The van der Waals surface area contributed by atoms with Crippen LogP contribution in [0.25, 0.3) is 0 Å². The molecule has 0 amide bonds. The number of rotatable bonds is 5. The molecule has 5 heteroatoms. The summed E-state index contributed by atoms with van der Waals surface area (Å²) < 4.78 is 0. The van der Waals surface area contributed by atoms with Gasteiger partial charge in [0.25, 0.3) is 0 Å². The van der Waals surface area contributed by atoms with E-state index in [1.807, 2.05) is 13.8 Å². The maximum Gasteiger partial charge on any atom is 1.00 e. The maximum absolute atomic E-state index is 10.1. The molecule has 0 aliphatic rings. The minimum Gasteiger partial charge on any atom is -0.550 e. The number of carbonyl (C=O) groups excluding carboxylic acids is 1. The molecule has 0 unspecified atom stereocenters. The van der Waals surface area contributed by atoms with Gasteiger partial charge in [-0.3, -0.25) is 0 Å². The molecule has 13 heavy (non-hydrogen) atoms. The first-order chi connectivity index (χ1) is 5.43. The van der Waals surface area contributed by atoms with Crippen LogP contribution in [-0.2, 0) is 4.79 Å². The van der Waals surface area contributed by atoms with Gasteiger partial charge < -0.3 is 20.7 Å². The molecule has 0 aromatic carbocycles. The monoisotopic (exact) mass is 197 g/mol. The molecule has 0 saturated heterocycles. The molecule has 2 atom stereocenters. The molecule has 0 fully saturated rings. The summed E-state index contributed by atoms with van der Waals surface area (Å²) in [5.74, 6) is -0.905.